The second kappa shape index (κ2) is 5.78. The van der Waals surface area contributed by atoms with Crippen LogP contribution in [0.5, 0.6) is 0 Å². The molecule has 2 aliphatic heterocycles. The van der Waals surface area contributed by atoms with Crippen molar-refractivity contribution in [2.24, 2.45) is 5.92 Å². The lowest BCUT2D eigenvalue weighted by Crippen LogP contribution is -2.47. The molecule has 22 heavy (non-hydrogen) atoms. The molecule has 2 N–H and O–H groups in total. The number of anilines is 1. The van der Waals surface area contributed by atoms with E-state index in [0.29, 0.717) is 5.95 Å². The Bertz CT molecular complexity index is 539. The van der Waals surface area contributed by atoms with Gasteiger partial charge in [-0.3, -0.25) is 0 Å². The molecule has 4 rings (SSSR count). The van der Waals surface area contributed by atoms with Crippen molar-refractivity contribution in [3.8, 4) is 0 Å². The number of hydrogen-bond acceptors (Lipinski definition) is 5. The number of nitrogens with two attached hydrogens (primary N) is 1. The van der Waals surface area contributed by atoms with E-state index in [0.717, 1.165) is 32.1 Å². The van der Waals surface area contributed by atoms with Crippen molar-refractivity contribution in [3.63, 3.8) is 0 Å². The molecule has 120 valence electrons. The minimum atomic E-state index is 0.232. The Morgan fingerprint density at radius 2 is 2.18 bits per heavy atom. The third-order valence-electron chi connectivity index (χ3n) is 5.77. The van der Waals surface area contributed by atoms with E-state index in [4.69, 9.17) is 10.5 Å². The van der Waals surface area contributed by atoms with Crippen molar-refractivity contribution in [2.45, 2.75) is 43.9 Å². The number of piperidine rings is 1. The van der Waals surface area contributed by atoms with Crippen molar-refractivity contribution in [2.75, 3.05) is 38.6 Å². The molecule has 1 unspecified atom stereocenters. The molecule has 1 aliphatic carbocycles. The van der Waals surface area contributed by atoms with Gasteiger partial charge in [0, 0.05) is 37.9 Å². The summed E-state index contributed by atoms with van der Waals surface area (Å²) in [6.45, 7) is 5.48. The van der Waals surface area contributed by atoms with E-state index in [-0.39, 0.29) is 5.41 Å². The Labute approximate surface area is 132 Å². The molecule has 1 spiro atoms. The maximum absolute atomic E-state index is 5.86. The molecule has 1 atom stereocenters. The highest BCUT2D eigenvalue weighted by atomic mass is 16.5. The maximum atomic E-state index is 5.86. The van der Waals surface area contributed by atoms with Crippen LogP contribution < -0.4 is 5.73 Å². The fourth-order valence-corrected chi connectivity index (χ4v) is 4.63. The molecule has 2 saturated heterocycles. The first kappa shape index (κ1) is 14.4. The Morgan fingerprint density at radius 1 is 1.32 bits per heavy atom. The first-order valence-corrected chi connectivity index (χ1v) is 8.67. The fourth-order valence-electron chi connectivity index (χ4n) is 4.63. The van der Waals surface area contributed by atoms with Crippen LogP contribution in [-0.2, 0) is 16.6 Å². The molecule has 3 aliphatic rings. The van der Waals surface area contributed by atoms with Crippen molar-refractivity contribution in [1.29, 1.82) is 0 Å². The summed E-state index contributed by atoms with van der Waals surface area (Å²) < 4.78 is 5.49. The minimum Gasteiger partial charge on any atom is -0.381 e. The number of rotatable bonds is 2. The number of aromatic nitrogens is 2. The summed E-state index contributed by atoms with van der Waals surface area (Å²) in [5.74, 6) is 1.24. The van der Waals surface area contributed by atoms with Crippen LogP contribution in [0.4, 0.5) is 5.95 Å². The van der Waals surface area contributed by atoms with E-state index < -0.39 is 0 Å². The van der Waals surface area contributed by atoms with Gasteiger partial charge in [-0.25, -0.2) is 9.97 Å². The topological polar surface area (TPSA) is 64.3 Å². The number of hydrogen-bond donors (Lipinski definition) is 1. The highest BCUT2D eigenvalue weighted by Gasteiger charge is 2.43. The largest absolute Gasteiger partial charge is 0.381 e. The number of nitrogens with zero attached hydrogens (tertiary/aromatic N) is 3. The van der Waals surface area contributed by atoms with Crippen molar-refractivity contribution in [3.05, 3.63) is 17.5 Å². The molecule has 0 amide bonds. The molecular formula is C17H26N4O. The van der Waals surface area contributed by atoms with Crippen molar-refractivity contribution in [1.82, 2.24) is 14.9 Å². The summed E-state index contributed by atoms with van der Waals surface area (Å²) in [7, 11) is 0. The smallest absolute Gasteiger partial charge is 0.220 e. The average Bonchev–Trinajstić information content (AvgIpc) is 2.86. The van der Waals surface area contributed by atoms with Gasteiger partial charge in [0.05, 0.1) is 5.69 Å². The highest BCUT2D eigenvalue weighted by Crippen LogP contribution is 2.44. The van der Waals surface area contributed by atoms with Crippen LogP contribution in [0.15, 0.2) is 6.20 Å². The van der Waals surface area contributed by atoms with Crippen molar-refractivity contribution < 1.29 is 4.74 Å². The van der Waals surface area contributed by atoms with E-state index in [1.165, 1.54) is 56.5 Å². The van der Waals surface area contributed by atoms with E-state index >= 15 is 0 Å². The van der Waals surface area contributed by atoms with Gasteiger partial charge >= 0.3 is 0 Å². The lowest BCUT2D eigenvalue weighted by atomic mass is 9.77. The van der Waals surface area contributed by atoms with Crippen LogP contribution >= 0.6 is 0 Å². The Hall–Kier alpha value is -1.20. The number of ether oxygens (including phenoxy) is 1. The van der Waals surface area contributed by atoms with Crippen LogP contribution in [0.3, 0.4) is 0 Å². The lowest BCUT2D eigenvalue weighted by molar-refractivity contribution is 0.0415. The molecule has 2 fully saturated rings. The predicted octanol–water partition coefficient (Wildman–Crippen LogP) is 1.77. The van der Waals surface area contributed by atoms with Crippen LogP contribution in [0, 0.1) is 5.92 Å². The minimum absolute atomic E-state index is 0.232. The van der Waals surface area contributed by atoms with Gasteiger partial charge in [0.1, 0.15) is 0 Å². The first-order chi connectivity index (χ1) is 10.8. The SMILES string of the molecule is Nc1ncc2c(n1)C1(CCCN(CC3CCOCC3)C1)CC2. The van der Waals surface area contributed by atoms with Gasteiger partial charge < -0.3 is 15.4 Å². The zero-order valence-electron chi connectivity index (χ0n) is 13.3. The van der Waals surface area contributed by atoms with Crippen LogP contribution in [-0.4, -0.2) is 47.7 Å². The summed E-state index contributed by atoms with van der Waals surface area (Å²) in [6.07, 6.45) is 9.23. The zero-order chi connectivity index (χ0) is 15.0. The molecule has 5 heteroatoms. The fraction of sp³-hybridized carbons (Fsp3) is 0.765. The van der Waals surface area contributed by atoms with Crippen LogP contribution in [0.25, 0.3) is 0 Å². The third kappa shape index (κ3) is 2.61. The highest BCUT2D eigenvalue weighted by molar-refractivity contribution is 5.37. The number of likely N-dealkylation sites (tertiary alicyclic amines) is 1. The predicted molar refractivity (Wildman–Crippen MR) is 85.7 cm³/mol. The summed E-state index contributed by atoms with van der Waals surface area (Å²) in [5.41, 5.74) is 8.66. The summed E-state index contributed by atoms with van der Waals surface area (Å²) >= 11 is 0. The number of aryl methyl sites for hydroxylation is 1. The monoisotopic (exact) mass is 302 g/mol. The van der Waals surface area contributed by atoms with Gasteiger partial charge in [0.15, 0.2) is 0 Å². The van der Waals surface area contributed by atoms with Crippen LogP contribution in [0.1, 0.15) is 43.4 Å². The van der Waals surface area contributed by atoms with Gasteiger partial charge in [0.25, 0.3) is 0 Å². The molecule has 0 radical (unpaired) electrons. The summed E-state index contributed by atoms with van der Waals surface area (Å²) in [4.78, 5) is 11.5. The molecule has 3 heterocycles. The molecule has 5 nitrogen and oxygen atoms in total. The Balaban J connectivity index is 1.50. The number of nitrogen functional groups attached to an aromatic ring is 1. The maximum Gasteiger partial charge on any atom is 0.220 e. The normalized spacial score (nSPS) is 29.8. The van der Waals surface area contributed by atoms with Gasteiger partial charge in [-0.1, -0.05) is 0 Å². The van der Waals surface area contributed by atoms with E-state index in [1.54, 1.807) is 0 Å². The standard InChI is InChI=1S/C17H26N4O/c18-16-19-10-14-2-6-17(15(14)20-16)5-1-7-21(12-17)11-13-3-8-22-9-4-13/h10,13H,1-9,11-12H2,(H2,18,19,20). The molecule has 1 aromatic heterocycles. The average molecular weight is 302 g/mol. The van der Waals surface area contributed by atoms with Crippen LogP contribution in [0.2, 0.25) is 0 Å². The van der Waals surface area contributed by atoms with Gasteiger partial charge in [-0.05, 0) is 56.6 Å². The quantitative estimate of drug-likeness (QED) is 0.902. The molecular weight excluding hydrogens is 276 g/mol. The second-order valence-electron chi connectivity index (χ2n) is 7.28. The van der Waals surface area contributed by atoms with Gasteiger partial charge in [-0.2, -0.15) is 0 Å². The lowest BCUT2D eigenvalue weighted by Gasteiger charge is -2.42. The zero-order valence-corrected chi connectivity index (χ0v) is 13.3. The summed E-state index contributed by atoms with van der Waals surface area (Å²) in [5, 5.41) is 0. The molecule has 0 aromatic carbocycles. The molecule has 1 aromatic rings. The Kier molecular flexibility index (Phi) is 3.78. The van der Waals surface area contributed by atoms with Gasteiger partial charge in [0.2, 0.25) is 5.95 Å². The second-order valence-corrected chi connectivity index (χ2v) is 7.28. The molecule has 0 bridgehead atoms. The molecule has 0 saturated carbocycles. The summed E-state index contributed by atoms with van der Waals surface area (Å²) in [6, 6.07) is 0. The third-order valence-corrected chi connectivity index (χ3v) is 5.77. The van der Waals surface area contributed by atoms with E-state index in [9.17, 15) is 0 Å². The van der Waals surface area contributed by atoms with Crippen molar-refractivity contribution >= 4 is 5.95 Å². The van der Waals surface area contributed by atoms with Gasteiger partial charge in [-0.15, -0.1) is 0 Å². The Morgan fingerprint density at radius 3 is 3.05 bits per heavy atom. The first-order valence-electron chi connectivity index (χ1n) is 8.67. The van der Waals surface area contributed by atoms with E-state index in [1.807, 2.05) is 6.20 Å². The van der Waals surface area contributed by atoms with E-state index in [2.05, 4.69) is 14.9 Å². The number of fused-ring (bicyclic) bond motifs is 2.